The number of benzene rings is 2. The summed E-state index contributed by atoms with van der Waals surface area (Å²) in [7, 11) is 0. The van der Waals surface area contributed by atoms with Crippen LogP contribution in [-0.4, -0.2) is 18.6 Å². The van der Waals surface area contributed by atoms with Gasteiger partial charge >= 0.3 is 0 Å². The van der Waals surface area contributed by atoms with Crippen molar-refractivity contribution in [2.45, 2.75) is 31.2 Å². The minimum absolute atomic E-state index is 0.0330. The van der Waals surface area contributed by atoms with Crippen molar-refractivity contribution >= 4 is 29.1 Å². The van der Waals surface area contributed by atoms with Gasteiger partial charge in [0.05, 0.1) is 0 Å². The zero-order chi connectivity index (χ0) is 18.0. The maximum absolute atomic E-state index is 10.9. The van der Waals surface area contributed by atoms with E-state index in [2.05, 4.69) is 0 Å². The van der Waals surface area contributed by atoms with Gasteiger partial charge in [0, 0.05) is 22.0 Å². The predicted molar refractivity (Wildman–Crippen MR) is 100 cm³/mol. The minimum atomic E-state index is -0.501. The Hall–Kier alpha value is -1.75. The van der Waals surface area contributed by atoms with E-state index in [0.29, 0.717) is 15.8 Å². The molecule has 1 amide bonds. The molecular formula is C19H20Cl2N2O2. The zero-order valence-electron chi connectivity index (χ0n) is 13.7. The molecule has 2 aromatic carbocycles. The third kappa shape index (κ3) is 4.27. The van der Waals surface area contributed by atoms with Gasteiger partial charge in [0.2, 0.25) is 0 Å². The summed E-state index contributed by atoms with van der Waals surface area (Å²) in [5, 5.41) is 1.26. The quantitative estimate of drug-likeness (QED) is 0.835. The Morgan fingerprint density at radius 3 is 2.72 bits per heavy atom. The van der Waals surface area contributed by atoms with Crippen molar-refractivity contribution in [3.05, 3.63) is 63.1 Å². The summed E-state index contributed by atoms with van der Waals surface area (Å²) in [5.41, 5.74) is 15.0. The number of hydrogen-bond acceptors (Lipinski definition) is 3. The van der Waals surface area contributed by atoms with Gasteiger partial charge in [0.15, 0.2) is 6.61 Å². The summed E-state index contributed by atoms with van der Waals surface area (Å²) >= 11 is 12.3. The zero-order valence-corrected chi connectivity index (χ0v) is 15.2. The normalized spacial score (nSPS) is 19.3. The monoisotopic (exact) mass is 378 g/mol. The molecule has 0 aliphatic heterocycles. The van der Waals surface area contributed by atoms with Crippen LogP contribution in [0, 0.1) is 0 Å². The molecule has 6 heteroatoms. The van der Waals surface area contributed by atoms with Crippen LogP contribution in [0.15, 0.2) is 36.4 Å². The smallest absolute Gasteiger partial charge is 0.255 e. The van der Waals surface area contributed by atoms with E-state index >= 15 is 0 Å². The van der Waals surface area contributed by atoms with Crippen LogP contribution >= 0.6 is 23.2 Å². The Labute approximate surface area is 157 Å². The van der Waals surface area contributed by atoms with E-state index in [-0.39, 0.29) is 18.6 Å². The molecule has 0 saturated carbocycles. The van der Waals surface area contributed by atoms with Crippen LogP contribution in [0.1, 0.15) is 29.0 Å². The van der Waals surface area contributed by atoms with E-state index in [0.717, 1.165) is 30.4 Å². The van der Waals surface area contributed by atoms with Gasteiger partial charge in [-0.1, -0.05) is 35.3 Å². The standard InChI is InChI=1S/C19H20Cl2N2O2/c20-13-4-1-12(17(21)8-13)7-16-15-9-14(25-10-19(23)24)5-2-11(15)3-6-18(16)22/h1-2,4-5,8-9,16,18H,3,6-7,10,22H2,(H2,23,24). The van der Waals surface area contributed by atoms with Gasteiger partial charge in [-0.3, -0.25) is 4.79 Å². The molecule has 4 N–H and O–H groups in total. The number of rotatable bonds is 5. The van der Waals surface area contributed by atoms with Crippen LogP contribution in [-0.2, 0) is 17.6 Å². The first kappa shape index (κ1) is 18.1. The molecule has 1 aliphatic rings. The van der Waals surface area contributed by atoms with Crippen molar-refractivity contribution in [2.75, 3.05) is 6.61 Å². The fourth-order valence-corrected chi connectivity index (χ4v) is 3.82. The summed E-state index contributed by atoms with van der Waals surface area (Å²) in [4.78, 5) is 10.9. The molecule has 0 spiro atoms. The first-order valence-electron chi connectivity index (χ1n) is 8.17. The highest BCUT2D eigenvalue weighted by atomic mass is 35.5. The second kappa shape index (κ2) is 7.65. The molecule has 3 rings (SSSR count). The van der Waals surface area contributed by atoms with Crippen molar-refractivity contribution in [2.24, 2.45) is 11.5 Å². The first-order chi connectivity index (χ1) is 11.9. The average molecular weight is 379 g/mol. The Bertz CT molecular complexity index is 795. The maximum Gasteiger partial charge on any atom is 0.255 e. The lowest BCUT2D eigenvalue weighted by Gasteiger charge is -2.32. The van der Waals surface area contributed by atoms with Gasteiger partial charge < -0.3 is 16.2 Å². The summed E-state index contributed by atoms with van der Waals surface area (Å²) < 4.78 is 5.45. The van der Waals surface area contributed by atoms with Gasteiger partial charge in [0.25, 0.3) is 5.91 Å². The molecular weight excluding hydrogens is 359 g/mol. The summed E-state index contributed by atoms with van der Waals surface area (Å²) in [6.07, 6.45) is 2.57. The van der Waals surface area contributed by atoms with Crippen LogP contribution in [0.2, 0.25) is 10.0 Å². The van der Waals surface area contributed by atoms with Gasteiger partial charge in [0.1, 0.15) is 5.75 Å². The van der Waals surface area contributed by atoms with E-state index in [1.165, 1.54) is 5.56 Å². The molecule has 0 heterocycles. The van der Waals surface area contributed by atoms with E-state index in [1.54, 1.807) is 6.07 Å². The number of hydrogen-bond donors (Lipinski definition) is 2. The largest absolute Gasteiger partial charge is 0.484 e. The number of aryl methyl sites for hydroxylation is 1. The molecule has 2 atom stereocenters. The summed E-state index contributed by atoms with van der Waals surface area (Å²) in [6, 6.07) is 11.4. The highest BCUT2D eigenvalue weighted by Gasteiger charge is 2.28. The fourth-order valence-electron chi connectivity index (χ4n) is 3.33. The number of ether oxygens (including phenoxy) is 1. The Balaban J connectivity index is 1.89. The number of primary amides is 1. The Morgan fingerprint density at radius 2 is 2.00 bits per heavy atom. The number of fused-ring (bicyclic) bond motifs is 1. The van der Waals surface area contributed by atoms with Crippen molar-refractivity contribution in [1.29, 1.82) is 0 Å². The number of carbonyl (C=O) groups is 1. The first-order valence-corrected chi connectivity index (χ1v) is 8.93. The van der Waals surface area contributed by atoms with E-state index in [4.69, 9.17) is 39.4 Å². The van der Waals surface area contributed by atoms with Gasteiger partial charge in [-0.05, 0) is 60.2 Å². The Kier molecular flexibility index (Phi) is 5.52. The maximum atomic E-state index is 10.9. The second-order valence-corrected chi connectivity index (χ2v) is 7.21. The highest BCUT2D eigenvalue weighted by molar-refractivity contribution is 6.35. The molecule has 2 aromatic rings. The van der Waals surface area contributed by atoms with Gasteiger partial charge in [-0.2, -0.15) is 0 Å². The van der Waals surface area contributed by atoms with E-state index in [9.17, 15) is 4.79 Å². The average Bonchev–Trinajstić information content (AvgIpc) is 2.57. The van der Waals surface area contributed by atoms with E-state index < -0.39 is 5.91 Å². The third-order valence-electron chi connectivity index (χ3n) is 4.62. The molecule has 4 nitrogen and oxygen atoms in total. The van der Waals surface area contributed by atoms with E-state index in [1.807, 2.05) is 30.3 Å². The SMILES string of the molecule is NC(=O)COc1ccc2c(c1)C(Cc1ccc(Cl)cc1Cl)C(N)CC2. The molecule has 0 bridgehead atoms. The third-order valence-corrected chi connectivity index (χ3v) is 5.20. The van der Waals surface area contributed by atoms with Crippen molar-refractivity contribution in [3.63, 3.8) is 0 Å². The second-order valence-electron chi connectivity index (χ2n) is 6.36. The minimum Gasteiger partial charge on any atom is -0.484 e. The number of carbonyl (C=O) groups excluding carboxylic acids is 1. The molecule has 2 unspecified atom stereocenters. The molecule has 132 valence electrons. The van der Waals surface area contributed by atoms with Crippen LogP contribution in [0.3, 0.4) is 0 Å². The van der Waals surface area contributed by atoms with Crippen LogP contribution in [0.5, 0.6) is 5.75 Å². The number of amides is 1. The van der Waals surface area contributed by atoms with Crippen molar-refractivity contribution in [3.8, 4) is 5.75 Å². The Morgan fingerprint density at radius 1 is 1.20 bits per heavy atom. The van der Waals surface area contributed by atoms with Crippen molar-refractivity contribution in [1.82, 2.24) is 0 Å². The molecule has 0 saturated heterocycles. The lowest BCUT2D eigenvalue weighted by Crippen LogP contribution is -2.34. The van der Waals surface area contributed by atoms with Gasteiger partial charge in [-0.15, -0.1) is 0 Å². The molecule has 0 fully saturated rings. The topological polar surface area (TPSA) is 78.3 Å². The predicted octanol–water partition coefficient (Wildman–Crippen LogP) is 3.46. The molecule has 1 aliphatic carbocycles. The van der Waals surface area contributed by atoms with Crippen molar-refractivity contribution < 1.29 is 9.53 Å². The molecule has 25 heavy (non-hydrogen) atoms. The van der Waals surface area contributed by atoms with Crippen LogP contribution in [0.25, 0.3) is 0 Å². The summed E-state index contributed by atoms with van der Waals surface area (Å²) in [6.45, 7) is -0.140. The lowest BCUT2D eigenvalue weighted by atomic mass is 9.76. The van der Waals surface area contributed by atoms with Gasteiger partial charge in [-0.25, -0.2) is 0 Å². The number of nitrogens with two attached hydrogens (primary N) is 2. The van der Waals surface area contributed by atoms with Crippen LogP contribution < -0.4 is 16.2 Å². The van der Waals surface area contributed by atoms with Crippen LogP contribution in [0.4, 0.5) is 0 Å². The summed E-state index contributed by atoms with van der Waals surface area (Å²) in [5.74, 6) is 0.248. The number of halogens is 2. The highest BCUT2D eigenvalue weighted by Crippen LogP contribution is 2.37. The fraction of sp³-hybridized carbons (Fsp3) is 0.316. The molecule has 0 aromatic heterocycles. The lowest BCUT2D eigenvalue weighted by molar-refractivity contribution is -0.119. The molecule has 0 radical (unpaired) electrons.